The minimum Gasteiger partial charge on any atom is -0.396 e. The van der Waals surface area contributed by atoms with Gasteiger partial charge >= 0.3 is 5.69 Å². The quantitative estimate of drug-likeness (QED) is 0.638. The maximum atomic E-state index is 11.9. The summed E-state index contributed by atoms with van der Waals surface area (Å²) in [4.78, 5) is 25.4. The van der Waals surface area contributed by atoms with Gasteiger partial charge in [0.15, 0.2) is 0 Å². The van der Waals surface area contributed by atoms with Crippen LogP contribution in [-0.2, 0) is 4.74 Å². The predicted octanol–water partition coefficient (Wildman–Crippen LogP) is -1.23. The first-order valence-corrected chi connectivity index (χ1v) is 6.13. The molecular formula is C12H18N2O5. The summed E-state index contributed by atoms with van der Waals surface area (Å²) >= 11 is 0. The fourth-order valence-corrected chi connectivity index (χ4v) is 2.72. The SMILES string of the molecule is CO[C@H]1[C@H](CO)[C@@H](O)C[C@@H]1n1cc(C)c(=O)[nH]c1=O. The van der Waals surface area contributed by atoms with E-state index in [4.69, 9.17) is 4.74 Å². The minimum absolute atomic E-state index is 0.215. The van der Waals surface area contributed by atoms with Gasteiger partial charge in [-0.05, 0) is 13.3 Å². The highest BCUT2D eigenvalue weighted by Gasteiger charge is 2.43. The first-order chi connectivity index (χ1) is 8.99. The fraction of sp³-hybridized carbons (Fsp3) is 0.667. The Morgan fingerprint density at radius 3 is 2.79 bits per heavy atom. The molecule has 0 unspecified atom stereocenters. The average molecular weight is 270 g/mol. The third-order valence-electron chi connectivity index (χ3n) is 3.76. The number of aliphatic hydroxyl groups is 2. The first-order valence-electron chi connectivity index (χ1n) is 6.13. The molecule has 3 N–H and O–H groups in total. The molecule has 0 aliphatic heterocycles. The van der Waals surface area contributed by atoms with Crippen LogP contribution >= 0.6 is 0 Å². The van der Waals surface area contributed by atoms with Gasteiger partial charge in [-0.2, -0.15) is 0 Å². The summed E-state index contributed by atoms with van der Waals surface area (Å²) in [6, 6.07) is -0.403. The van der Waals surface area contributed by atoms with Gasteiger partial charge in [0.25, 0.3) is 5.56 Å². The number of aromatic amines is 1. The van der Waals surface area contributed by atoms with Crippen LogP contribution in [0.25, 0.3) is 0 Å². The molecule has 0 saturated heterocycles. The molecule has 1 aliphatic carbocycles. The van der Waals surface area contributed by atoms with Crippen LogP contribution in [0.5, 0.6) is 0 Å². The maximum absolute atomic E-state index is 11.9. The fourth-order valence-electron chi connectivity index (χ4n) is 2.72. The van der Waals surface area contributed by atoms with Crippen LogP contribution in [0.15, 0.2) is 15.8 Å². The van der Waals surface area contributed by atoms with E-state index in [9.17, 15) is 19.8 Å². The van der Waals surface area contributed by atoms with E-state index >= 15 is 0 Å². The molecule has 0 spiro atoms. The molecule has 1 aromatic heterocycles. The Hall–Kier alpha value is -1.44. The van der Waals surface area contributed by atoms with Gasteiger partial charge in [-0.1, -0.05) is 0 Å². The van der Waals surface area contributed by atoms with Crippen LogP contribution in [0.1, 0.15) is 18.0 Å². The molecule has 7 heteroatoms. The molecule has 1 saturated carbocycles. The zero-order valence-corrected chi connectivity index (χ0v) is 10.9. The summed E-state index contributed by atoms with van der Waals surface area (Å²) < 4.78 is 6.67. The molecule has 2 rings (SSSR count). The van der Waals surface area contributed by atoms with Crippen molar-refractivity contribution in [1.82, 2.24) is 9.55 Å². The average Bonchev–Trinajstić information content (AvgIpc) is 2.69. The molecule has 4 atom stereocenters. The topological polar surface area (TPSA) is 105 Å². The lowest BCUT2D eigenvalue weighted by Crippen LogP contribution is -2.38. The van der Waals surface area contributed by atoms with Gasteiger partial charge in [-0.3, -0.25) is 14.3 Å². The monoisotopic (exact) mass is 270 g/mol. The van der Waals surface area contributed by atoms with E-state index < -0.39 is 35.4 Å². The van der Waals surface area contributed by atoms with E-state index in [1.807, 2.05) is 0 Å². The molecule has 1 aromatic rings. The second-order valence-electron chi connectivity index (χ2n) is 4.90. The summed E-state index contributed by atoms with van der Waals surface area (Å²) in [6.45, 7) is 1.39. The summed E-state index contributed by atoms with van der Waals surface area (Å²) in [5, 5.41) is 19.2. The summed E-state index contributed by atoms with van der Waals surface area (Å²) in [5.74, 6) is -0.436. The van der Waals surface area contributed by atoms with Crippen molar-refractivity contribution in [2.24, 2.45) is 5.92 Å². The summed E-state index contributed by atoms with van der Waals surface area (Å²) in [5.41, 5.74) is -0.544. The highest BCUT2D eigenvalue weighted by Crippen LogP contribution is 2.36. The van der Waals surface area contributed by atoms with E-state index in [0.29, 0.717) is 12.0 Å². The smallest absolute Gasteiger partial charge is 0.328 e. The van der Waals surface area contributed by atoms with Gasteiger partial charge in [0, 0.05) is 24.8 Å². The first kappa shape index (κ1) is 14.0. The van der Waals surface area contributed by atoms with E-state index in [2.05, 4.69) is 4.98 Å². The van der Waals surface area contributed by atoms with Gasteiger partial charge in [-0.25, -0.2) is 4.79 Å². The molecule has 106 valence electrons. The summed E-state index contributed by atoms with van der Waals surface area (Å²) in [6.07, 6.45) is 0.557. The molecule has 0 radical (unpaired) electrons. The lowest BCUT2D eigenvalue weighted by Gasteiger charge is -2.24. The number of aromatic nitrogens is 2. The number of hydrogen-bond acceptors (Lipinski definition) is 5. The van der Waals surface area contributed by atoms with Crippen molar-refractivity contribution < 1.29 is 14.9 Å². The van der Waals surface area contributed by atoms with Crippen LogP contribution < -0.4 is 11.2 Å². The van der Waals surface area contributed by atoms with Crippen molar-refractivity contribution in [1.29, 1.82) is 0 Å². The molecule has 7 nitrogen and oxygen atoms in total. The molecule has 0 bridgehead atoms. The van der Waals surface area contributed by atoms with E-state index in [1.54, 1.807) is 6.92 Å². The number of aliphatic hydroxyl groups excluding tert-OH is 2. The second kappa shape index (κ2) is 5.28. The number of ether oxygens (including phenoxy) is 1. The summed E-state index contributed by atoms with van der Waals surface area (Å²) in [7, 11) is 1.47. The van der Waals surface area contributed by atoms with Gasteiger partial charge in [-0.15, -0.1) is 0 Å². The highest BCUT2D eigenvalue weighted by atomic mass is 16.5. The molecular weight excluding hydrogens is 252 g/mol. The number of H-pyrrole nitrogens is 1. The third-order valence-corrected chi connectivity index (χ3v) is 3.76. The Balaban J connectivity index is 2.44. The lowest BCUT2D eigenvalue weighted by molar-refractivity contribution is -0.00700. The Kier molecular flexibility index (Phi) is 3.88. The van der Waals surface area contributed by atoms with Crippen molar-refractivity contribution in [2.75, 3.05) is 13.7 Å². The Morgan fingerprint density at radius 2 is 2.21 bits per heavy atom. The maximum Gasteiger partial charge on any atom is 0.328 e. The van der Waals surface area contributed by atoms with Gasteiger partial charge in [0.1, 0.15) is 0 Å². The molecule has 0 aromatic carbocycles. The largest absolute Gasteiger partial charge is 0.396 e. The van der Waals surface area contributed by atoms with E-state index in [1.165, 1.54) is 17.9 Å². The van der Waals surface area contributed by atoms with Crippen LogP contribution in [-0.4, -0.2) is 45.7 Å². The number of nitrogens with one attached hydrogen (secondary N) is 1. The molecule has 1 fully saturated rings. The standard InChI is InChI=1S/C12H18N2O5/c1-6-4-14(12(18)13-11(6)17)8-3-9(16)7(5-15)10(8)19-2/h4,7-10,15-16H,3,5H2,1-2H3,(H,13,17,18)/t7-,8+,9+,10+/m1/s1. The zero-order valence-electron chi connectivity index (χ0n) is 10.9. The predicted molar refractivity (Wildman–Crippen MR) is 67.1 cm³/mol. The molecule has 1 heterocycles. The van der Waals surface area contributed by atoms with E-state index in [-0.39, 0.29) is 6.61 Å². The van der Waals surface area contributed by atoms with Crippen molar-refractivity contribution in [2.45, 2.75) is 31.6 Å². The third kappa shape index (κ3) is 2.36. The Morgan fingerprint density at radius 1 is 1.53 bits per heavy atom. The number of methoxy groups -OCH3 is 1. The van der Waals surface area contributed by atoms with Crippen molar-refractivity contribution in [3.8, 4) is 0 Å². The number of aryl methyl sites for hydroxylation is 1. The minimum atomic E-state index is -0.737. The zero-order chi connectivity index (χ0) is 14.2. The van der Waals surface area contributed by atoms with Crippen LogP contribution in [0.4, 0.5) is 0 Å². The second-order valence-corrected chi connectivity index (χ2v) is 4.90. The molecule has 0 amide bonds. The Labute approximate surface area is 109 Å². The van der Waals surface area contributed by atoms with Crippen molar-refractivity contribution in [3.63, 3.8) is 0 Å². The van der Waals surface area contributed by atoms with Gasteiger partial charge in [0.2, 0.25) is 0 Å². The number of nitrogens with zero attached hydrogens (tertiary/aromatic N) is 1. The van der Waals surface area contributed by atoms with E-state index in [0.717, 1.165) is 0 Å². The molecule has 1 aliphatic rings. The van der Waals surface area contributed by atoms with Crippen LogP contribution in [0.2, 0.25) is 0 Å². The van der Waals surface area contributed by atoms with Gasteiger partial charge < -0.3 is 14.9 Å². The lowest BCUT2D eigenvalue weighted by atomic mass is 10.0. The van der Waals surface area contributed by atoms with Crippen molar-refractivity contribution in [3.05, 3.63) is 32.6 Å². The normalized spacial score (nSPS) is 30.7. The number of hydrogen-bond donors (Lipinski definition) is 3. The van der Waals surface area contributed by atoms with Gasteiger partial charge in [0.05, 0.1) is 24.9 Å². The highest BCUT2D eigenvalue weighted by molar-refractivity contribution is 5.05. The number of rotatable bonds is 3. The Bertz CT molecular complexity index is 564. The van der Waals surface area contributed by atoms with Crippen LogP contribution in [0.3, 0.4) is 0 Å². The molecule has 19 heavy (non-hydrogen) atoms. The van der Waals surface area contributed by atoms with Crippen LogP contribution in [0, 0.1) is 12.8 Å². The van der Waals surface area contributed by atoms with Crippen molar-refractivity contribution >= 4 is 0 Å².